The number of para-hydroxylation sites is 1. The molecule has 11 nitrogen and oxygen atoms in total. The molecule has 236 valence electrons. The number of Topliss-reactive ketones (excluding diaryl/α,β-unsaturated/α-hetero) is 1. The minimum atomic E-state index is -1.46. The molecule has 0 bridgehead atoms. The van der Waals surface area contributed by atoms with Gasteiger partial charge in [0.1, 0.15) is 30.0 Å². The summed E-state index contributed by atoms with van der Waals surface area (Å²) >= 11 is 6.66. The number of hydrogen-bond acceptors (Lipinski definition) is 7. The number of halogens is 3. The Bertz CT molecular complexity index is 2040. The van der Waals surface area contributed by atoms with Gasteiger partial charge in [0.15, 0.2) is 17.5 Å². The number of benzene rings is 3. The minimum absolute atomic E-state index is 0.0954. The van der Waals surface area contributed by atoms with Crippen LogP contribution in [0.4, 0.5) is 20.4 Å². The lowest BCUT2D eigenvalue weighted by Crippen LogP contribution is -2.44. The zero-order chi connectivity index (χ0) is 32.7. The predicted molar refractivity (Wildman–Crippen MR) is 170 cm³/mol. The molecule has 1 saturated heterocycles. The number of fused-ring (bicyclic) bond motifs is 2. The van der Waals surface area contributed by atoms with Gasteiger partial charge < -0.3 is 19.9 Å². The van der Waals surface area contributed by atoms with E-state index < -0.39 is 29.8 Å². The van der Waals surface area contributed by atoms with Crippen molar-refractivity contribution in [3.63, 3.8) is 0 Å². The number of aromatic amines is 1. The van der Waals surface area contributed by atoms with Gasteiger partial charge in [-0.15, -0.1) is 0 Å². The Morgan fingerprint density at radius 2 is 1.89 bits per heavy atom. The third-order valence-electron chi connectivity index (χ3n) is 7.79. The number of rotatable bonds is 9. The Labute approximate surface area is 266 Å². The number of methoxy groups -OCH3 is 1. The molecule has 1 aliphatic heterocycles. The monoisotopic (exact) mass is 647 g/mol. The number of anilines is 2. The molecule has 0 unspecified atom stereocenters. The van der Waals surface area contributed by atoms with Gasteiger partial charge in [0.2, 0.25) is 17.8 Å². The Morgan fingerprint density at radius 1 is 1.11 bits per heavy atom. The van der Waals surface area contributed by atoms with Gasteiger partial charge in [-0.2, -0.15) is 5.10 Å². The minimum Gasteiger partial charge on any atom is -0.483 e. The summed E-state index contributed by atoms with van der Waals surface area (Å²) in [5.74, 6) is -1.78. The van der Waals surface area contributed by atoms with Crippen LogP contribution in [0.1, 0.15) is 23.8 Å². The van der Waals surface area contributed by atoms with Crippen molar-refractivity contribution >= 4 is 62.8 Å². The Balaban J connectivity index is 1.23. The highest BCUT2D eigenvalue weighted by Gasteiger charge is 2.40. The number of hydrogen-bond donors (Lipinski definition) is 3. The van der Waals surface area contributed by atoms with Crippen LogP contribution in [-0.4, -0.2) is 68.1 Å². The average molecular weight is 648 g/mol. The number of carbonyl (C=O) groups is 3. The van der Waals surface area contributed by atoms with Crippen LogP contribution in [0.5, 0.6) is 0 Å². The van der Waals surface area contributed by atoms with Crippen molar-refractivity contribution in [1.82, 2.24) is 24.6 Å². The van der Waals surface area contributed by atoms with Gasteiger partial charge in [-0.1, -0.05) is 48.0 Å². The van der Waals surface area contributed by atoms with E-state index in [1.807, 2.05) is 0 Å². The number of likely N-dealkylation sites (tertiary alicyclic amines) is 1. The number of aromatic nitrogens is 4. The molecule has 1 aliphatic rings. The average Bonchev–Trinajstić information content (AvgIpc) is 3.74. The standard InChI is InChI=1S/C32H28ClF2N7O4/c1-16(43)29-21-7-4-5-10-24(21)42(40-29)15-26(44)41-14-18(34)13-25(41)31(45)37-22-9-6-8-20(28(22)35)19-11-12-23-30(27(19)33)39-32(38-23)36-17(2)46-3/h4-12,18,25H,2,13-15H2,1,3H3,(H,37,45)(H2,36,38,39)/t18-,25+/m1/s1. The van der Waals surface area contributed by atoms with Crippen molar-refractivity contribution in [3.05, 3.63) is 83.6 Å². The highest BCUT2D eigenvalue weighted by atomic mass is 35.5. The molecule has 1 fully saturated rings. The van der Waals surface area contributed by atoms with E-state index in [1.54, 1.807) is 42.5 Å². The lowest BCUT2D eigenvalue weighted by molar-refractivity contribution is -0.137. The molecule has 5 aromatic rings. The maximum atomic E-state index is 15.9. The van der Waals surface area contributed by atoms with Crippen LogP contribution in [0.15, 0.2) is 67.1 Å². The first-order valence-electron chi connectivity index (χ1n) is 14.2. The molecule has 0 spiro atoms. The lowest BCUT2D eigenvalue weighted by atomic mass is 10.0. The molecule has 2 atom stereocenters. The normalized spacial score (nSPS) is 16.2. The van der Waals surface area contributed by atoms with Crippen LogP contribution < -0.4 is 10.6 Å². The van der Waals surface area contributed by atoms with Crippen molar-refractivity contribution in [2.45, 2.75) is 32.1 Å². The van der Waals surface area contributed by atoms with Crippen LogP contribution in [0, 0.1) is 5.82 Å². The number of amides is 2. The van der Waals surface area contributed by atoms with Crippen LogP contribution in [0.3, 0.4) is 0 Å². The first kappa shape index (κ1) is 30.7. The first-order valence-corrected chi connectivity index (χ1v) is 14.6. The van der Waals surface area contributed by atoms with Gasteiger partial charge in [0.25, 0.3) is 0 Å². The number of nitrogens with zero attached hydrogens (tertiary/aromatic N) is 4. The van der Waals surface area contributed by atoms with E-state index in [9.17, 15) is 18.8 Å². The quantitative estimate of drug-likeness (QED) is 0.138. The molecule has 3 N–H and O–H groups in total. The van der Waals surface area contributed by atoms with E-state index in [4.69, 9.17) is 16.3 Å². The van der Waals surface area contributed by atoms with E-state index in [0.29, 0.717) is 33.4 Å². The van der Waals surface area contributed by atoms with Crippen LogP contribution in [0.25, 0.3) is 33.1 Å². The molecule has 2 aromatic heterocycles. The summed E-state index contributed by atoms with van der Waals surface area (Å²) in [4.78, 5) is 47.5. The number of ketones is 1. The summed E-state index contributed by atoms with van der Waals surface area (Å²) in [6.45, 7) is 4.43. The van der Waals surface area contributed by atoms with Crippen LogP contribution in [0.2, 0.25) is 5.02 Å². The smallest absolute Gasteiger partial charge is 0.247 e. The largest absolute Gasteiger partial charge is 0.483 e. The van der Waals surface area contributed by atoms with Gasteiger partial charge in [0.05, 0.1) is 35.4 Å². The van der Waals surface area contributed by atoms with Crippen molar-refractivity contribution < 1.29 is 27.9 Å². The number of nitrogens with one attached hydrogen (secondary N) is 3. The maximum absolute atomic E-state index is 15.9. The lowest BCUT2D eigenvalue weighted by Gasteiger charge is -2.24. The number of H-pyrrole nitrogens is 1. The third kappa shape index (κ3) is 5.65. The number of ether oxygens (including phenoxy) is 1. The molecule has 2 amide bonds. The molecule has 14 heteroatoms. The highest BCUT2D eigenvalue weighted by Crippen LogP contribution is 2.37. The zero-order valence-electron chi connectivity index (χ0n) is 24.7. The fourth-order valence-electron chi connectivity index (χ4n) is 5.58. The van der Waals surface area contributed by atoms with E-state index in [2.05, 4.69) is 32.3 Å². The SMILES string of the molecule is C=C(Nc1nc2c(Cl)c(-c3cccc(NC(=O)[C@@H]4C[C@@H](F)CN4C(=O)Cn4nc(C(C)=O)c5ccccc54)c3F)ccc2[nH]1)OC. The zero-order valence-corrected chi connectivity index (χ0v) is 25.5. The number of alkyl halides is 1. The van der Waals surface area contributed by atoms with Crippen molar-refractivity contribution in [2.24, 2.45) is 0 Å². The predicted octanol–water partition coefficient (Wildman–Crippen LogP) is 5.68. The molecule has 3 heterocycles. The highest BCUT2D eigenvalue weighted by molar-refractivity contribution is 6.37. The summed E-state index contributed by atoms with van der Waals surface area (Å²) in [6.07, 6.45) is -1.72. The van der Waals surface area contributed by atoms with E-state index in [1.165, 1.54) is 30.8 Å². The maximum Gasteiger partial charge on any atom is 0.247 e. The molecular weight excluding hydrogens is 620 g/mol. The fraction of sp³-hybridized carbons (Fsp3) is 0.219. The topological polar surface area (TPSA) is 134 Å². The summed E-state index contributed by atoms with van der Waals surface area (Å²) in [7, 11) is 1.45. The Kier molecular flexibility index (Phi) is 8.17. The van der Waals surface area contributed by atoms with Gasteiger partial charge in [-0.3, -0.25) is 24.4 Å². The molecule has 3 aromatic carbocycles. The molecule has 6 rings (SSSR count). The summed E-state index contributed by atoms with van der Waals surface area (Å²) in [6, 6.07) is 13.4. The number of imidazole rings is 1. The molecule has 46 heavy (non-hydrogen) atoms. The molecule has 0 aliphatic carbocycles. The fourth-order valence-corrected chi connectivity index (χ4v) is 5.89. The molecular formula is C32H28ClF2N7O4. The second-order valence-electron chi connectivity index (χ2n) is 10.8. The van der Waals surface area contributed by atoms with Gasteiger partial charge in [0, 0.05) is 29.9 Å². The number of carbonyl (C=O) groups excluding carboxylic acids is 3. The molecule has 0 radical (unpaired) electrons. The second-order valence-corrected chi connectivity index (χ2v) is 11.2. The van der Waals surface area contributed by atoms with Crippen LogP contribution >= 0.6 is 11.6 Å². The van der Waals surface area contributed by atoms with Crippen molar-refractivity contribution in [3.8, 4) is 11.1 Å². The second kappa shape index (κ2) is 12.2. The Morgan fingerprint density at radius 3 is 2.65 bits per heavy atom. The van der Waals surface area contributed by atoms with E-state index >= 15 is 4.39 Å². The van der Waals surface area contributed by atoms with E-state index in [-0.39, 0.29) is 53.1 Å². The van der Waals surface area contributed by atoms with Gasteiger partial charge >= 0.3 is 0 Å². The summed E-state index contributed by atoms with van der Waals surface area (Å²) in [5.41, 5.74) is 1.96. The van der Waals surface area contributed by atoms with Crippen molar-refractivity contribution in [1.29, 1.82) is 0 Å². The Hall–Kier alpha value is -5.30. The molecule has 0 saturated carbocycles. The third-order valence-corrected chi connectivity index (χ3v) is 8.18. The van der Waals surface area contributed by atoms with Gasteiger partial charge in [-0.05, 0) is 24.8 Å². The van der Waals surface area contributed by atoms with Gasteiger partial charge in [-0.25, -0.2) is 13.8 Å². The summed E-state index contributed by atoms with van der Waals surface area (Å²) in [5, 5.41) is 10.4. The van der Waals surface area contributed by atoms with E-state index in [0.717, 1.165) is 4.90 Å². The summed E-state index contributed by atoms with van der Waals surface area (Å²) < 4.78 is 36.9. The van der Waals surface area contributed by atoms with Crippen molar-refractivity contribution in [2.75, 3.05) is 24.3 Å². The first-order chi connectivity index (χ1) is 22.0. The van der Waals surface area contributed by atoms with Crippen LogP contribution in [-0.2, 0) is 20.9 Å².